The summed E-state index contributed by atoms with van der Waals surface area (Å²) in [5.74, 6) is 0.482. The second-order valence-corrected chi connectivity index (χ2v) is 7.97. The van der Waals surface area contributed by atoms with Crippen molar-refractivity contribution in [2.24, 2.45) is 0 Å². The van der Waals surface area contributed by atoms with Crippen LogP contribution in [0, 0.1) is 0 Å². The molecule has 0 aliphatic carbocycles. The average Bonchev–Trinajstić information content (AvgIpc) is 2.80. The SMILES string of the molecule is CSCC[C@H](NC(=O)OCC1=Cc2ccccc2S1(=O)=O)C(=O)F. The van der Waals surface area contributed by atoms with Crippen molar-refractivity contribution < 1.29 is 27.1 Å². The average molecular weight is 373 g/mol. The molecule has 0 spiro atoms. The summed E-state index contributed by atoms with van der Waals surface area (Å²) in [4.78, 5) is 22.6. The molecule has 0 saturated heterocycles. The molecule has 24 heavy (non-hydrogen) atoms. The zero-order valence-electron chi connectivity index (χ0n) is 12.8. The van der Waals surface area contributed by atoms with Gasteiger partial charge in [-0.2, -0.15) is 16.2 Å². The molecule has 1 aromatic rings. The Bertz CT molecular complexity index is 776. The number of ether oxygens (including phenoxy) is 1. The van der Waals surface area contributed by atoms with E-state index in [4.69, 9.17) is 4.74 Å². The summed E-state index contributed by atoms with van der Waals surface area (Å²) in [6, 6.07) is 3.45. The molecule has 0 unspecified atom stereocenters. The number of carbonyl (C=O) groups excluding carboxylic acids is 2. The largest absolute Gasteiger partial charge is 0.444 e. The monoisotopic (exact) mass is 373 g/mol. The summed E-state index contributed by atoms with van der Waals surface area (Å²) in [6.45, 7) is -0.488. The van der Waals surface area contributed by atoms with Gasteiger partial charge < -0.3 is 10.1 Å². The number of hydrogen-bond acceptors (Lipinski definition) is 6. The smallest absolute Gasteiger partial charge is 0.408 e. The van der Waals surface area contributed by atoms with Crippen LogP contribution in [0.4, 0.5) is 9.18 Å². The second kappa shape index (κ2) is 7.80. The predicted molar refractivity (Wildman–Crippen MR) is 89.0 cm³/mol. The first-order chi connectivity index (χ1) is 11.4. The number of fused-ring (bicyclic) bond motifs is 1. The van der Waals surface area contributed by atoms with Crippen LogP contribution in [0.2, 0.25) is 0 Å². The molecule has 0 radical (unpaired) electrons. The summed E-state index contributed by atoms with van der Waals surface area (Å²) in [5.41, 5.74) is 0.522. The minimum absolute atomic E-state index is 0.0638. The minimum Gasteiger partial charge on any atom is -0.444 e. The fourth-order valence-electron chi connectivity index (χ4n) is 2.15. The number of thioether (sulfide) groups is 1. The number of rotatable bonds is 7. The molecule has 6 nitrogen and oxygen atoms in total. The first-order valence-corrected chi connectivity index (χ1v) is 9.90. The lowest BCUT2D eigenvalue weighted by Crippen LogP contribution is -2.40. The van der Waals surface area contributed by atoms with Gasteiger partial charge in [0.15, 0.2) is 0 Å². The number of carbonyl (C=O) groups is 2. The number of nitrogens with one attached hydrogen (secondary N) is 1. The zero-order valence-corrected chi connectivity index (χ0v) is 14.5. The molecule has 0 fully saturated rings. The Morgan fingerprint density at radius 1 is 1.33 bits per heavy atom. The van der Waals surface area contributed by atoms with Crippen molar-refractivity contribution in [3.8, 4) is 0 Å². The summed E-state index contributed by atoms with van der Waals surface area (Å²) in [7, 11) is -3.69. The Morgan fingerprint density at radius 2 is 2.04 bits per heavy atom. The topological polar surface area (TPSA) is 89.5 Å². The van der Waals surface area contributed by atoms with Crippen molar-refractivity contribution in [3.05, 3.63) is 34.7 Å². The number of amides is 1. The lowest BCUT2D eigenvalue weighted by molar-refractivity contribution is -0.131. The highest BCUT2D eigenvalue weighted by Gasteiger charge is 2.30. The van der Waals surface area contributed by atoms with Crippen molar-refractivity contribution in [1.82, 2.24) is 5.32 Å². The Morgan fingerprint density at radius 3 is 2.67 bits per heavy atom. The van der Waals surface area contributed by atoms with E-state index in [1.54, 1.807) is 24.5 Å². The van der Waals surface area contributed by atoms with E-state index in [0.29, 0.717) is 11.3 Å². The Labute approximate surface area is 143 Å². The van der Waals surface area contributed by atoms with Crippen molar-refractivity contribution in [2.75, 3.05) is 18.6 Å². The molecule has 1 atom stereocenters. The molecule has 0 aromatic heterocycles. The van der Waals surface area contributed by atoms with Gasteiger partial charge in [0.05, 0.1) is 9.80 Å². The van der Waals surface area contributed by atoms with Crippen LogP contribution >= 0.6 is 11.8 Å². The van der Waals surface area contributed by atoms with Gasteiger partial charge in [0.25, 0.3) is 0 Å². The highest BCUT2D eigenvalue weighted by atomic mass is 32.2. The van der Waals surface area contributed by atoms with Gasteiger partial charge in [0, 0.05) is 0 Å². The number of hydrogen-bond donors (Lipinski definition) is 1. The maximum absolute atomic E-state index is 12.9. The van der Waals surface area contributed by atoms with E-state index in [0.717, 1.165) is 0 Å². The fraction of sp³-hybridized carbons (Fsp3) is 0.333. The molecule has 9 heteroatoms. The third-order valence-electron chi connectivity index (χ3n) is 3.39. The Balaban J connectivity index is 1.96. The zero-order chi connectivity index (χ0) is 17.7. The van der Waals surface area contributed by atoms with Gasteiger partial charge >= 0.3 is 12.1 Å². The molecular formula is C15H16FNO5S2. The number of alkyl carbamates (subject to hydrolysis) is 1. The molecule has 1 aromatic carbocycles. The van der Waals surface area contributed by atoms with Crippen LogP contribution in [-0.2, 0) is 19.4 Å². The van der Waals surface area contributed by atoms with Gasteiger partial charge in [-0.25, -0.2) is 13.2 Å². The molecule has 0 saturated carbocycles. The van der Waals surface area contributed by atoms with E-state index in [1.165, 1.54) is 23.9 Å². The first kappa shape index (κ1) is 18.5. The predicted octanol–water partition coefficient (Wildman–Crippen LogP) is 2.16. The number of halogens is 1. The molecule has 1 N–H and O–H groups in total. The van der Waals surface area contributed by atoms with E-state index in [-0.39, 0.29) is 16.2 Å². The van der Waals surface area contributed by atoms with Crippen LogP contribution in [0.3, 0.4) is 0 Å². The van der Waals surface area contributed by atoms with Crippen LogP contribution in [-0.4, -0.2) is 45.2 Å². The fourth-order valence-corrected chi connectivity index (χ4v) is 4.10. The summed E-state index contributed by atoms with van der Waals surface area (Å²) in [5, 5.41) is 2.10. The maximum Gasteiger partial charge on any atom is 0.408 e. The van der Waals surface area contributed by atoms with E-state index < -0.39 is 34.6 Å². The standard InChI is InChI=1S/C15H16FNO5S2/c1-23-7-6-12(14(16)18)17-15(19)22-9-11-8-10-4-2-3-5-13(10)24(11,20)21/h2-5,8,12H,6-7,9H2,1H3,(H,17,19)/t12-/m0/s1. The van der Waals surface area contributed by atoms with Crippen molar-refractivity contribution >= 4 is 39.8 Å². The minimum atomic E-state index is -3.69. The van der Waals surface area contributed by atoms with Crippen LogP contribution in [0.15, 0.2) is 34.1 Å². The van der Waals surface area contributed by atoms with Crippen molar-refractivity contribution in [3.63, 3.8) is 0 Å². The molecule has 1 aliphatic heterocycles. The van der Waals surface area contributed by atoms with Crippen molar-refractivity contribution in [1.29, 1.82) is 0 Å². The van der Waals surface area contributed by atoms with Gasteiger partial charge in [-0.05, 0) is 36.1 Å². The van der Waals surface area contributed by atoms with Gasteiger partial charge in [0.1, 0.15) is 12.6 Å². The molecule has 2 rings (SSSR count). The van der Waals surface area contributed by atoms with Gasteiger partial charge in [0.2, 0.25) is 9.84 Å². The molecule has 130 valence electrons. The third-order valence-corrected chi connectivity index (χ3v) is 5.91. The first-order valence-electron chi connectivity index (χ1n) is 7.02. The van der Waals surface area contributed by atoms with Crippen LogP contribution < -0.4 is 5.32 Å². The quantitative estimate of drug-likeness (QED) is 0.737. The molecule has 1 aliphatic rings. The Kier molecular flexibility index (Phi) is 6.00. The number of benzene rings is 1. The summed E-state index contributed by atoms with van der Waals surface area (Å²) >= 11 is 1.40. The Hall–Kier alpha value is -1.87. The van der Waals surface area contributed by atoms with Crippen LogP contribution in [0.25, 0.3) is 6.08 Å². The lowest BCUT2D eigenvalue weighted by Gasteiger charge is -2.13. The normalized spacial score (nSPS) is 16.0. The molecule has 1 heterocycles. The summed E-state index contributed by atoms with van der Waals surface area (Å²) in [6.07, 6.45) is 2.29. The van der Waals surface area contributed by atoms with E-state index in [9.17, 15) is 22.4 Å². The highest BCUT2D eigenvalue weighted by Crippen LogP contribution is 2.32. The van der Waals surface area contributed by atoms with Crippen molar-refractivity contribution in [2.45, 2.75) is 17.4 Å². The molecule has 0 bridgehead atoms. The van der Waals surface area contributed by atoms with E-state index >= 15 is 0 Å². The van der Waals surface area contributed by atoms with E-state index in [1.807, 2.05) is 0 Å². The number of sulfone groups is 1. The highest BCUT2D eigenvalue weighted by molar-refractivity contribution is 7.98. The molecule has 1 amide bonds. The van der Waals surface area contributed by atoms with Crippen LogP contribution in [0.1, 0.15) is 12.0 Å². The van der Waals surface area contributed by atoms with Gasteiger partial charge in [-0.1, -0.05) is 18.2 Å². The second-order valence-electron chi connectivity index (χ2n) is 5.01. The van der Waals surface area contributed by atoms with Crippen LogP contribution in [0.5, 0.6) is 0 Å². The van der Waals surface area contributed by atoms with Gasteiger partial charge in [-0.3, -0.25) is 4.79 Å². The van der Waals surface area contributed by atoms with Gasteiger partial charge in [-0.15, -0.1) is 0 Å². The molecular weight excluding hydrogens is 357 g/mol. The summed E-state index contributed by atoms with van der Waals surface area (Å²) < 4.78 is 42.2. The maximum atomic E-state index is 12.9. The van der Waals surface area contributed by atoms with E-state index in [2.05, 4.69) is 5.32 Å². The lowest BCUT2D eigenvalue weighted by atomic mass is 10.2. The third kappa shape index (κ3) is 4.15.